The second kappa shape index (κ2) is 13.5. The van der Waals surface area contributed by atoms with Gasteiger partial charge >= 0.3 is 5.97 Å². The first-order valence-corrected chi connectivity index (χ1v) is 15.0. The van der Waals surface area contributed by atoms with Crippen LogP contribution in [0.4, 0.5) is 0 Å². The Labute approximate surface area is 237 Å². The third-order valence-electron chi connectivity index (χ3n) is 6.85. The summed E-state index contributed by atoms with van der Waals surface area (Å²) in [4.78, 5) is 12.9. The average Bonchev–Trinajstić information content (AvgIpc) is 3.30. The standard InChI is InChI=1S/C29H36BrN3O4S/c1-5-35-23-13-9-22(10-14-23)33-27(17-36-24-11-7-21(30)8-12-24)31-32-29(33)38-18-28(34)37-26-16-20(4)6-15-25(26)19(2)3/h7-14,19-20,25-26H,5-6,15-18H2,1-4H3/t20-,25+,26-/m0/s1. The summed E-state index contributed by atoms with van der Waals surface area (Å²) in [6.07, 6.45) is 3.21. The van der Waals surface area contributed by atoms with Crippen LogP contribution in [-0.4, -0.2) is 39.2 Å². The maximum Gasteiger partial charge on any atom is 0.316 e. The molecule has 0 amide bonds. The van der Waals surface area contributed by atoms with E-state index in [9.17, 15) is 4.79 Å². The number of nitrogens with zero attached hydrogens (tertiary/aromatic N) is 3. The number of carbonyl (C=O) groups excluding carboxylic acids is 1. The molecule has 0 radical (unpaired) electrons. The zero-order valence-corrected chi connectivity index (χ0v) is 24.8. The van der Waals surface area contributed by atoms with Gasteiger partial charge in [0.2, 0.25) is 0 Å². The Morgan fingerprint density at radius 3 is 2.42 bits per heavy atom. The van der Waals surface area contributed by atoms with Gasteiger partial charge in [0.1, 0.15) is 24.2 Å². The highest BCUT2D eigenvalue weighted by molar-refractivity contribution is 9.10. The zero-order valence-electron chi connectivity index (χ0n) is 22.4. The van der Waals surface area contributed by atoms with E-state index in [1.54, 1.807) is 0 Å². The van der Waals surface area contributed by atoms with Crippen molar-refractivity contribution in [3.63, 3.8) is 0 Å². The highest BCUT2D eigenvalue weighted by atomic mass is 79.9. The summed E-state index contributed by atoms with van der Waals surface area (Å²) < 4.78 is 20.5. The molecule has 2 aromatic carbocycles. The van der Waals surface area contributed by atoms with Gasteiger partial charge in [-0.3, -0.25) is 9.36 Å². The Bertz CT molecular complexity index is 1180. The van der Waals surface area contributed by atoms with Gasteiger partial charge in [-0.1, -0.05) is 54.9 Å². The molecule has 1 aromatic heterocycles. The topological polar surface area (TPSA) is 75.5 Å². The minimum Gasteiger partial charge on any atom is -0.494 e. The van der Waals surface area contributed by atoms with E-state index in [1.165, 1.54) is 18.2 Å². The maximum atomic E-state index is 12.9. The SMILES string of the molecule is CCOc1ccc(-n2c(COc3ccc(Br)cc3)nnc2SCC(=O)O[C@H]2C[C@@H](C)CC[C@@H]2C(C)C)cc1. The van der Waals surface area contributed by atoms with Crippen LogP contribution in [0.25, 0.3) is 5.69 Å². The molecule has 0 saturated heterocycles. The lowest BCUT2D eigenvalue weighted by Crippen LogP contribution is -2.36. The highest BCUT2D eigenvalue weighted by Gasteiger charge is 2.33. The molecule has 3 atom stereocenters. The lowest BCUT2D eigenvalue weighted by atomic mass is 9.75. The number of carbonyl (C=O) groups is 1. The Kier molecular flexibility index (Phi) is 10.1. The number of aromatic nitrogens is 3. The van der Waals surface area contributed by atoms with Gasteiger partial charge in [-0.2, -0.15) is 0 Å². The van der Waals surface area contributed by atoms with Crippen LogP contribution in [0.3, 0.4) is 0 Å². The van der Waals surface area contributed by atoms with E-state index in [-0.39, 0.29) is 24.4 Å². The van der Waals surface area contributed by atoms with Crippen LogP contribution >= 0.6 is 27.7 Å². The fourth-order valence-corrected chi connectivity index (χ4v) is 5.88. The van der Waals surface area contributed by atoms with Crippen molar-refractivity contribution in [1.29, 1.82) is 0 Å². The Hall–Kier alpha value is -2.52. The molecule has 3 aromatic rings. The third kappa shape index (κ3) is 7.53. The number of hydrogen-bond donors (Lipinski definition) is 0. The summed E-state index contributed by atoms with van der Waals surface area (Å²) in [6, 6.07) is 15.4. The molecule has 0 bridgehead atoms. The smallest absolute Gasteiger partial charge is 0.316 e. The molecule has 38 heavy (non-hydrogen) atoms. The zero-order chi connectivity index (χ0) is 27.1. The first-order valence-electron chi connectivity index (χ1n) is 13.2. The van der Waals surface area contributed by atoms with Gasteiger partial charge in [0, 0.05) is 10.2 Å². The van der Waals surface area contributed by atoms with Crippen molar-refractivity contribution in [2.75, 3.05) is 12.4 Å². The van der Waals surface area contributed by atoms with E-state index in [4.69, 9.17) is 14.2 Å². The summed E-state index contributed by atoms with van der Waals surface area (Å²) in [7, 11) is 0. The highest BCUT2D eigenvalue weighted by Crippen LogP contribution is 2.35. The molecular weight excluding hydrogens is 566 g/mol. The number of esters is 1. The molecule has 1 saturated carbocycles. The number of rotatable bonds is 11. The van der Waals surface area contributed by atoms with Gasteiger partial charge in [-0.25, -0.2) is 0 Å². The van der Waals surface area contributed by atoms with Gasteiger partial charge in [-0.05, 0) is 86.1 Å². The van der Waals surface area contributed by atoms with Gasteiger partial charge in [0.15, 0.2) is 11.0 Å². The number of ether oxygens (including phenoxy) is 3. The van der Waals surface area contributed by atoms with Crippen molar-refractivity contribution in [3.05, 3.63) is 58.8 Å². The lowest BCUT2D eigenvalue weighted by molar-refractivity contribution is -0.152. The van der Waals surface area contributed by atoms with Crippen LogP contribution < -0.4 is 9.47 Å². The van der Waals surface area contributed by atoms with E-state index in [0.717, 1.165) is 34.5 Å². The molecule has 0 spiro atoms. The number of hydrogen-bond acceptors (Lipinski definition) is 7. The molecule has 4 rings (SSSR count). The predicted molar refractivity (Wildman–Crippen MR) is 153 cm³/mol. The minimum atomic E-state index is -0.214. The fourth-order valence-electron chi connectivity index (χ4n) is 4.86. The van der Waals surface area contributed by atoms with E-state index < -0.39 is 0 Å². The van der Waals surface area contributed by atoms with Gasteiger partial charge < -0.3 is 14.2 Å². The molecule has 204 valence electrons. The van der Waals surface area contributed by atoms with Crippen LogP contribution in [-0.2, 0) is 16.1 Å². The molecule has 0 aliphatic heterocycles. The molecule has 1 fully saturated rings. The predicted octanol–water partition coefficient (Wildman–Crippen LogP) is 7.10. The van der Waals surface area contributed by atoms with Gasteiger partial charge in [-0.15, -0.1) is 10.2 Å². The van der Waals surface area contributed by atoms with Crippen LogP contribution in [0.2, 0.25) is 0 Å². The number of halogens is 1. The monoisotopic (exact) mass is 601 g/mol. The summed E-state index contributed by atoms with van der Waals surface area (Å²) in [5.41, 5.74) is 0.865. The van der Waals surface area contributed by atoms with Crippen molar-refractivity contribution in [2.24, 2.45) is 17.8 Å². The van der Waals surface area contributed by atoms with Crippen molar-refractivity contribution < 1.29 is 19.0 Å². The van der Waals surface area contributed by atoms with Crippen molar-refractivity contribution >= 4 is 33.7 Å². The van der Waals surface area contributed by atoms with E-state index in [0.29, 0.717) is 35.3 Å². The summed E-state index contributed by atoms with van der Waals surface area (Å²) in [6.45, 7) is 9.45. The van der Waals surface area contributed by atoms with Crippen LogP contribution in [0.5, 0.6) is 11.5 Å². The minimum absolute atomic E-state index is 0.0225. The summed E-state index contributed by atoms with van der Waals surface area (Å²) in [5, 5.41) is 9.41. The summed E-state index contributed by atoms with van der Waals surface area (Å²) >= 11 is 4.77. The van der Waals surface area contributed by atoms with Gasteiger partial charge in [0.25, 0.3) is 0 Å². The van der Waals surface area contributed by atoms with Crippen LogP contribution in [0.15, 0.2) is 58.2 Å². The molecule has 0 N–H and O–H groups in total. The molecule has 1 heterocycles. The second-order valence-corrected chi connectivity index (χ2v) is 11.9. The largest absolute Gasteiger partial charge is 0.494 e. The van der Waals surface area contributed by atoms with Crippen molar-refractivity contribution in [2.45, 2.75) is 64.8 Å². The molecule has 1 aliphatic carbocycles. The molecule has 0 unspecified atom stereocenters. The molecule has 9 heteroatoms. The molecular formula is C29H36BrN3O4S. The van der Waals surface area contributed by atoms with Crippen LogP contribution in [0.1, 0.15) is 52.8 Å². The first-order chi connectivity index (χ1) is 18.3. The van der Waals surface area contributed by atoms with Crippen molar-refractivity contribution in [1.82, 2.24) is 14.8 Å². The van der Waals surface area contributed by atoms with Gasteiger partial charge in [0.05, 0.1) is 12.4 Å². The van der Waals surface area contributed by atoms with E-state index in [2.05, 4.69) is 46.9 Å². The van der Waals surface area contributed by atoms with Crippen LogP contribution in [0, 0.1) is 17.8 Å². The maximum absolute atomic E-state index is 12.9. The summed E-state index contributed by atoms with van der Waals surface area (Å²) in [5.74, 6) is 3.58. The Morgan fingerprint density at radius 1 is 1.05 bits per heavy atom. The third-order valence-corrected chi connectivity index (χ3v) is 8.28. The second-order valence-electron chi connectivity index (χ2n) is 10.0. The Morgan fingerprint density at radius 2 is 1.74 bits per heavy atom. The first kappa shape index (κ1) is 28.5. The van der Waals surface area contributed by atoms with E-state index >= 15 is 0 Å². The normalized spacial score (nSPS) is 19.4. The average molecular weight is 603 g/mol. The van der Waals surface area contributed by atoms with E-state index in [1.807, 2.05) is 60.0 Å². The quantitative estimate of drug-likeness (QED) is 0.171. The fraction of sp³-hybridized carbons (Fsp3) is 0.483. The number of benzene rings is 2. The Balaban J connectivity index is 1.49. The molecule has 7 nitrogen and oxygen atoms in total. The lowest BCUT2D eigenvalue weighted by Gasteiger charge is -2.36. The van der Waals surface area contributed by atoms with Crippen molar-refractivity contribution in [3.8, 4) is 17.2 Å². The number of thioether (sulfide) groups is 1. The molecule has 1 aliphatic rings.